The maximum Gasteiger partial charge on any atom is 0.198 e. The van der Waals surface area contributed by atoms with Crippen LogP contribution in [0.1, 0.15) is 123 Å². The number of hydrogen-bond donors (Lipinski definition) is 0. The molecule has 22 heavy (non-hydrogen) atoms. The topological polar surface area (TPSA) is 17.1 Å². The van der Waals surface area contributed by atoms with Crippen molar-refractivity contribution in [2.24, 2.45) is 5.92 Å². The molecule has 0 unspecified atom stereocenters. The SMILES string of the molecule is CC(C)CCCCCCCCCCCCCCCCC[C]=O. The van der Waals surface area contributed by atoms with Gasteiger partial charge in [0, 0.05) is 6.42 Å². The molecule has 131 valence electrons. The number of unbranched alkanes of at least 4 members (excludes halogenated alkanes) is 15. The van der Waals surface area contributed by atoms with Gasteiger partial charge in [0.25, 0.3) is 0 Å². The van der Waals surface area contributed by atoms with Crippen LogP contribution >= 0.6 is 0 Å². The molecule has 1 heteroatoms. The van der Waals surface area contributed by atoms with Crippen LogP contribution in [0.4, 0.5) is 0 Å². The highest BCUT2D eigenvalue weighted by Crippen LogP contribution is 2.14. The Hall–Kier alpha value is -0.330. The lowest BCUT2D eigenvalue weighted by molar-refractivity contribution is 0.501. The van der Waals surface area contributed by atoms with Crippen LogP contribution in [-0.2, 0) is 4.79 Å². The average molecular weight is 310 g/mol. The van der Waals surface area contributed by atoms with Gasteiger partial charge in [0.2, 0.25) is 0 Å². The van der Waals surface area contributed by atoms with E-state index in [1.54, 1.807) is 0 Å². The zero-order valence-electron chi connectivity index (χ0n) is 15.5. The third-order valence-corrected chi connectivity index (χ3v) is 4.56. The van der Waals surface area contributed by atoms with Crippen molar-refractivity contribution in [2.45, 2.75) is 123 Å². The van der Waals surface area contributed by atoms with Gasteiger partial charge < -0.3 is 0 Å². The first-order chi connectivity index (χ1) is 10.8. The maximum absolute atomic E-state index is 10.1. The van der Waals surface area contributed by atoms with Crippen molar-refractivity contribution in [1.82, 2.24) is 0 Å². The zero-order valence-corrected chi connectivity index (χ0v) is 15.5. The summed E-state index contributed by atoms with van der Waals surface area (Å²) >= 11 is 0. The molecule has 0 saturated heterocycles. The lowest BCUT2D eigenvalue weighted by Gasteiger charge is -2.05. The molecule has 0 aliphatic carbocycles. The average Bonchev–Trinajstić information content (AvgIpc) is 2.50. The highest BCUT2D eigenvalue weighted by molar-refractivity contribution is 5.50. The first-order valence-corrected chi connectivity index (χ1v) is 10.1. The lowest BCUT2D eigenvalue weighted by Crippen LogP contribution is -1.87. The minimum absolute atomic E-state index is 0.637. The normalized spacial score (nSPS) is 11.2. The van der Waals surface area contributed by atoms with Crippen LogP contribution in [0.2, 0.25) is 0 Å². The molecule has 0 atom stereocenters. The Bertz CT molecular complexity index is 210. The number of carbonyl (C=O) groups excluding carboxylic acids is 1. The van der Waals surface area contributed by atoms with Crippen LogP contribution in [0.3, 0.4) is 0 Å². The largest absolute Gasteiger partial charge is 0.291 e. The van der Waals surface area contributed by atoms with Crippen LogP contribution in [0.25, 0.3) is 0 Å². The van der Waals surface area contributed by atoms with E-state index in [4.69, 9.17) is 0 Å². The standard InChI is InChI=1S/C21H41O/c1-21(2)19-17-15-13-11-9-7-5-3-4-6-8-10-12-14-16-18-20-22/h21H,3-19H2,1-2H3. The van der Waals surface area contributed by atoms with Crippen molar-refractivity contribution < 1.29 is 4.79 Å². The van der Waals surface area contributed by atoms with Gasteiger partial charge in [-0.2, -0.15) is 0 Å². The first kappa shape index (κ1) is 21.7. The Morgan fingerprint density at radius 3 is 1.18 bits per heavy atom. The molecule has 0 aliphatic rings. The van der Waals surface area contributed by atoms with Gasteiger partial charge in [-0.25, -0.2) is 0 Å². The summed E-state index contributed by atoms with van der Waals surface area (Å²) in [5, 5.41) is 0. The highest BCUT2D eigenvalue weighted by Gasteiger charge is 1.96. The second-order valence-corrected chi connectivity index (χ2v) is 7.38. The Kier molecular flexibility index (Phi) is 18.4. The van der Waals surface area contributed by atoms with Crippen LogP contribution in [-0.4, -0.2) is 6.29 Å². The van der Waals surface area contributed by atoms with E-state index in [2.05, 4.69) is 13.8 Å². The molecule has 0 fully saturated rings. The molecule has 0 aromatic carbocycles. The van der Waals surface area contributed by atoms with E-state index in [1.807, 2.05) is 6.29 Å². The summed E-state index contributed by atoms with van der Waals surface area (Å²) in [6, 6.07) is 0. The van der Waals surface area contributed by atoms with E-state index in [-0.39, 0.29) is 0 Å². The lowest BCUT2D eigenvalue weighted by atomic mass is 10.0. The molecule has 0 bridgehead atoms. The third kappa shape index (κ3) is 19.7. The molecule has 0 aromatic heterocycles. The molecule has 0 saturated carbocycles. The predicted molar refractivity (Wildman–Crippen MR) is 99.0 cm³/mol. The van der Waals surface area contributed by atoms with Gasteiger partial charge in [-0.1, -0.05) is 110 Å². The molecule has 0 aliphatic heterocycles. The van der Waals surface area contributed by atoms with Gasteiger partial charge in [0.05, 0.1) is 0 Å². The summed E-state index contributed by atoms with van der Waals surface area (Å²) in [6.07, 6.45) is 24.7. The van der Waals surface area contributed by atoms with Crippen molar-refractivity contribution in [3.63, 3.8) is 0 Å². The van der Waals surface area contributed by atoms with Crippen LogP contribution in [0, 0.1) is 5.92 Å². The molecule has 0 spiro atoms. The first-order valence-electron chi connectivity index (χ1n) is 10.1. The van der Waals surface area contributed by atoms with Crippen molar-refractivity contribution in [2.75, 3.05) is 0 Å². The molecular formula is C21H41O. The summed E-state index contributed by atoms with van der Waals surface area (Å²) in [7, 11) is 0. The van der Waals surface area contributed by atoms with Gasteiger partial charge in [-0.05, 0) is 12.3 Å². The number of hydrogen-bond acceptors (Lipinski definition) is 1. The van der Waals surface area contributed by atoms with E-state index in [1.165, 1.54) is 96.3 Å². The van der Waals surface area contributed by atoms with Gasteiger partial charge in [0.15, 0.2) is 6.29 Å². The third-order valence-electron chi connectivity index (χ3n) is 4.56. The second kappa shape index (κ2) is 18.7. The summed E-state index contributed by atoms with van der Waals surface area (Å²) in [5.74, 6) is 0.884. The molecule has 0 heterocycles. The van der Waals surface area contributed by atoms with Crippen LogP contribution in [0.5, 0.6) is 0 Å². The van der Waals surface area contributed by atoms with Gasteiger partial charge in [0.1, 0.15) is 0 Å². The zero-order chi connectivity index (χ0) is 16.3. The fraction of sp³-hybridized carbons (Fsp3) is 0.952. The molecule has 1 radical (unpaired) electrons. The number of rotatable bonds is 18. The smallest absolute Gasteiger partial charge is 0.198 e. The van der Waals surface area contributed by atoms with Gasteiger partial charge in [-0.3, -0.25) is 4.79 Å². The van der Waals surface area contributed by atoms with Crippen LogP contribution in [0.15, 0.2) is 0 Å². The minimum atomic E-state index is 0.637. The van der Waals surface area contributed by atoms with Crippen molar-refractivity contribution in [3.8, 4) is 0 Å². The minimum Gasteiger partial charge on any atom is -0.291 e. The summed E-state index contributed by atoms with van der Waals surface area (Å²) in [5.41, 5.74) is 0. The quantitative estimate of drug-likeness (QED) is 0.241. The fourth-order valence-corrected chi connectivity index (χ4v) is 3.05. The summed E-state index contributed by atoms with van der Waals surface area (Å²) in [6.45, 7) is 4.65. The molecule has 0 N–H and O–H groups in total. The Morgan fingerprint density at radius 1 is 0.545 bits per heavy atom. The summed E-state index contributed by atoms with van der Waals surface area (Å²) < 4.78 is 0. The van der Waals surface area contributed by atoms with E-state index >= 15 is 0 Å². The highest BCUT2D eigenvalue weighted by atomic mass is 16.1. The van der Waals surface area contributed by atoms with E-state index in [0.717, 1.165) is 12.3 Å². The van der Waals surface area contributed by atoms with Crippen molar-refractivity contribution >= 4 is 6.29 Å². The van der Waals surface area contributed by atoms with E-state index in [0.29, 0.717) is 6.42 Å². The monoisotopic (exact) mass is 309 g/mol. The Morgan fingerprint density at radius 2 is 0.864 bits per heavy atom. The fourth-order valence-electron chi connectivity index (χ4n) is 3.05. The van der Waals surface area contributed by atoms with Gasteiger partial charge in [-0.15, -0.1) is 0 Å². The van der Waals surface area contributed by atoms with E-state index in [9.17, 15) is 4.79 Å². The second-order valence-electron chi connectivity index (χ2n) is 7.38. The summed E-state index contributed by atoms with van der Waals surface area (Å²) in [4.78, 5) is 10.1. The van der Waals surface area contributed by atoms with Crippen LogP contribution < -0.4 is 0 Å². The van der Waals surface area contributed by atoms with Crippen molar-refractivity contribution in [1.29, 1.82) is 0 Å². The van der Waals surface area contributed by atoms with E-state index < -0.39 is 0 Å². The predicted octanol–water partition coefficient (Wildman–Crippen LogP) is 7.38. The molecular weight excluding hydrogens is 268 g/mol. The van der Waals surface area contributed by atoms with Gasteiger partial charge >= 0.3 is 0 Å². The van der Waals surface area contributed by atoms with Crippen molar-refractivity contribution in [3.05, 3.63) is 0 Å². The molecule has 0 rings (SSSR count). The molecule has 1 nitrogen and oxygen atoms in total. The Balaban J connectivity index is 2.95. The molecule has 0 aromatic rings. The maximum atomic E-state index is 10.1. The Labute approximate surface area is 140 Å². The molecule has 0 amide bonds.